The van der Waals surface area contributed by atoms with E-state index in [9.17, 15) is 79.2 Å². The van der Waals surface area contributed by atoms with Crippen molar-refractivity contribution in [2.75, 3.05) is 81.4 Å². The highest BCUT2D eigenvalue weighted by Crippen LogP contribution is 2.45. The first kappa shape index (κ1) is 72.4. The first-order valence-electron chi connectivity index (χ1n) is 30.2. The standard InChI is InChI=1S/C24H25F3N2O6S.C21H20F3N3O4S.C21H19F3N2O4S/c1-33-13-23(14-34-2)12-16(19-6-4-17(24(25,26)27)10-21(19)35-23)9-22(30)28-18-5-3-15-7-8-36(31,32)29-20(15)11-18;1-20(2)26-17(15-6-4-13(21(22,23)24)9-18(15)31-20)11-19(28)25-14-5-3-12-7-8-32(29,30)27-16(12)10-14;22-21(23,24)14-6-7-15-13(3-2-9-30-19(15)12-14)11-20(27)25-17-4-1-5-18-16(17)8-10-31(28,29)26-18/h3-6,9-11,29H,7-8,12-14H2,1-2H3,(H,28,30);3-6,9-11,26-27H,7-8H2,1-2H3,(H,25,28);1,4-7,11-12,26H,2-3,8-10H2,(H,25,27)/b16-9+;17-11-;13-11+. The molecule has 0 atom stereocenters. The number of ether oxygens (including phenoxy) is 5. The zero-order valence-electron chi connectivity index (χ0n) is 53.0. The number of benzene rings is 6. The maximum atomic E-state index is 13.3. The van der Waals surface area contributed by atoms with Crippen molar-refractivity contribution in [2.45, 2.75) is 82.2 Å². The Hall–Kier alpha value is -9.31. The van der Waals surface area contributed by atoms with Gasteiger partial charge in [-0.25, -0.2) is 25.3 Å². The second-order valence-corrected chi connectivity index (χ2v) is 29.6. The van der Waals surface area contributed by atoms with Crippen LogP contribution in [0.25, 0.3) is 16.8 Å². The van der Waals surface area contributed by atoms with Crippen LogP contribution in [-0.4, -0.2) is 106 Å². The fourth-order valence-electron chi connectivity index (χ4n) is 11.6. The Labute approximate surface area is 562 Å². The van der Waals surface area contributed by atoms with E-state index in [1.807, 2.05) is 0 Å². The van der Waals surface area contributed by atoms with E-state index in [0.29, 0.717) is 98.9 Å². The fraction of sp³-hybridized carbons (Fsp3) is 0.318. The molecule has 99 heavy (non-hydrogen) atoms. The molecule has 6 aliphatic heterocycles. The minimum absolute atomic E-state index is 0.00318. The number of amides is 3. The lowest BCUT2D eigenvalue weighted by atomic mass is 9.86. The predicted molar refractivity (Wildman–Crippen MR) is 351 cm³/mol. The summed E-state index contributed by atoms with van der Waals surface area (Å²) in [6.45, 7) is 3.52. The minimum atomic E-state index is -4.57. The Balaban J connectivity index is 0.000000161. The SMILES string of the molecule is CC1(C)N/C(=C\C(=O)Nc2ccc3c(c2)NS(=O)(=O)CC3)c2ccc(C(F)(F)F)cc2O1.COCC1(COC)C/C(=C\C(=O)Nc2ccc3c(c2)NS(=O)(=O)CC3)c2ccc(C(F)(F)F)cc2O1.O=C(/C=C1\CCCOc2cc(C(F)(F)F)ccc21)Nc1cccc2c1CCS(=O)(=O)N2. The van der Waals surface area contributed by atoms with Crippen LogP contribution in [0.15, 0.2) is 127 Å². The number of carbonyl (C=O) groups is 3. The van der Waals surface area contributed by atoms with Gasteiger partial charge >= 0.3 is 18.5 Å². The second-order valence-electron chi connectivity index (χ2n) is 24.1. The van der Waals surface area contributed by atoms with Crippen molar-refractivity contribution in [2.24, 2.45) is 0 Å². The maximum Gasteiger partial charge on any atom is 0.416 e. The summed E-state index contributed by atoms with van der Waals surface area (Å²) in [5.41, 5.74) is 2.42. The first-order chi connectivity index (χ1) is 46.4. The van der Waals surface area contributed by atoms with E-state index in [1.165, 1.54) is 62.8 Å². The smallest absolute Gasteiger partial charge is 0.416 e. The van der Waals surface area contributed by atoms with E-state index in [1.54, 1.807) is 56.3 Å². The normalized spacial score (nSPS) is 19.1. The van der Waals surface area contributed by atoms with Crippen LogP contribution in [0.5, 0.6) is 17.2 Å². The summed E-state index contributed by atoms with van der Waals surface area (Å²) in [6.07, 6.45) is -7.56. The fourth-order valence-corrected chi connectivity index (χ4v) is 14.9. The van der Waals surface area contributed by atoms with Gasteiger partial charge in [-0.1, -0.05) is 30.3 Å². The third kappa shape index (κ3) is 18.1. The number of fused-ring (bicyclic) bond motifs is 6. The molecule has 3 amide bonds. The van der Waals surface area contributed by atoms with Gasteiger partial charge in [0.05, 0.1) is 76.5 Å². The van der Waals surface area contributed by atoms with E-state index in [0.717, 1.165) is 47.5 Å². The summed E-state index contributed by atoms with van der Waals surface area (Å²) >= 11 is 0. The van der Waals surface area contributed by atoms with Crippen LogP contribution >= 0.6 is 0 Å². The number of rotatable bonds is 10. The van der Waals surface area contributed by atoms with Gasteiger partial charge in [0.25, 0.3) is 0 Å². The van der Waals surface area contributed by atoms with Gasteiger partial charge in [0, 0.05) is 78.2 Å². The molecule has 0 fully saturated rings. The van der Waals surface area contributed by atoms with Gasteiger partial charge in [0.1, 0.15) is 17.2 Å². The third-order valence-corrected chi connectivity index (χ3v) is 19.8. The molecule has 7 N–H and O–H groups in total. The molecule has 33 heteroatoms. The number of nitrogens with one attached hydrogen (secondary N) is 7. The first-order valence-corrected chi connectivity index (χ1v) is 35.2. The highest BCUT2D eigenvalue weighted by Gasteiger charge is 2.42. The van der Waals surface area contributed by atoms with Crippen LogP contribution < -0.4 is 49.6 Å². The van der Waals surface area contributed by atoms with Crippen LogP contribution in [0.4, 0.5) is 73.6 Å². The van der Waals surface area contributed by atoms with E-state index in [4.69, 9.17) is 23.7 Å². The summed E-state index contributed by atoms with van der Waals surface area (Å²) in [5, 5.41) is 11.1. The Bertz CT molecular complexity index is 4630. The van der Waals surface area contributed by atoms with Gasteiger partial charge in [0.2, 0.25) is 47.8 Å². The Kier molecular flexibility index (Phi) is 20.6. The molecule has 21 nitrogen and oxygen atoms in total. The van der Waals surface area contributed by atoms with Gasteiger partial charge in [-0.05, 0) is 147 Å². The lowest BCUT2D eigenvalue weighted by molar-refractivity contribution is -0.138. The molecule has 6 aromatic carbocycles. The summed E-state index contributed by atoms with van der Waals surface area (Å²) < 4.78 is 224. The average molecular weight is 1450 g/mol. The number of anilines is 6. The van der Waals surface area contributed by atoms with E-state index in [2.05, 4.69) is 35.4 Å². The van der Waals surface area contributed by atoms with Gasteiger partial charge in [-0.2, -0.15) is 39.5 Å². The molecule has 528 valence electrons. The predicted octanol–water partition coefficient (Wildman–Crippen LogP) is 11.7. The highest BCUT2D eigenvalue weighted by molar-refractivity contribution is 7.93. The minimum Gasteiger partial charge on any atom is -0.493 e. The molecule has 0 saturated carbocycles. The third-order valence-electron chi connectivity index (χ3n) is 16.0. The molecule has 12 rings (SSSR count). The monoisotopic (exact) mass is 1450 g/mol. The molecule has 6 aliphatic rings. The molecular weight excluding hydrogens is 1380 g/mol. The number of hydrogen-bond acceptors (Lipinski definition) is 15. The number of alkyl halides is 9. The summed E-state index contributed by atoms with van der Waals surface area (Å²) in [5.74, 6) is -1.58. The van der Waals surface area contributed by atoms with Crippen molar-refractivity contribution in [3.05, 3.63) is 177 Å². The topological polar surface area (TPSA) is 284 Å². The van der Waals surface area contributed by atoms with Gasteiger partial charge in [-0.15, -0.1) is 0 Å². The van der Waals surface area contributed by atoms with E-state index < -0.39 is 94.3 Å². The number of aryl methyl sites for hydroxylation is 2. The number of carbonyl (C=O) groups excluding carboxylic acids is 3. The molecule has 6 heterocycles. The molecule has 0 unspecified atom stereocenters. The van der Waals surface area contributed by atoms with Crippen molar-refractivity contribution < 1.29 is 103 Å². The number of allylic oxidation sites excluding steroid dienone is 1. The largest absolute Gasteiger partial charge is 0.493 e. The van der Waals surface area contributed by atoms with Crippen LogP contribution in [-0.2, 0) is 91.7 Å². The zero-order valence-corrected chi connectivity index (χ0v) is 55.4. The molecule has 0 spiro atoms. The highest BCUT2D eigenvalue weighted by atomic mass is 32.2. The van der Waals surface area contributed by atoms with Crippen molar-refractivity contribution in [1.29, 1.82) is 0 Å². The van der Waals surface area contributed by atoms with Crippen molar-refractivity contribution in [1.82, 2.24) is 5.32 Å². The second kappa shape index (κ2) is 28.1. The van der Waals surface area contributed by atoms with Gasteiger partial charge < -0.3 is 45.0 Å². The Morgan fingerprint density at radius 3 is 1.53 bits per heavy atom. The van der Waals surface area contributed by atoms with Crippen LogP contribution in [0.1, 0.15) is 83.2 Å². The molecular formula is C66H64F9N7O14S3. The molecule has 0 aliphatic carbocycles. The molecule has 0 aromatic heterocycles. The van der Waals surface area contributed by atoms with Gasteiger partial charge in [0.15, 0.2) is 11.3 Å². The number of methoxy groups -OCH3 is 2. The molecule has 0 saturated heterocycles. The summed E-state index contributed by atoms with van der Waals surface area (Å²) in [6, 6.07) is 24.1. The van der Waals surface area contributed by atoms with Crippen LogP contribution in [0.3, 0.4) is 0 Å². The lowest BCUT2D eigenvalue weighted by Crippen LogP contribution is -2.47. The number of hydrogen-bond donors (Lipinski definition) is 7. The zero-order chi connectivity index (χ0) is 71.7. The van der Waals surface area contributed by atoms with Crippen LogP contribution in [0.2, 0.25) is 0 Å². The Morgan fingerprint density at radius 2 is 0.990 bits per heavy atom. The van der Waals surface area contributed by atoms with Crippen molar-refractivity contribution >= 4 is 98.8 Å². The summed E-state index contributed by atoms with van der Waals surface area (Å²) in [4.78, 5) is 38.3. The van der Waals surface area contributed by atoms with E-state index in [-0.39, 0.29) is 67.2 Å². The number of halogens is 9. The van der Waals surface area contributed by atoms with Crippen molar-refractivity contribution in [3.63, 3.8) is 0 Å². The summed E-state index contributed by atoms with van der Waals surface area (Å²) in [7, 11) is -7.35. The van der Waals surface area contributed by atoms with Crippen LogP contribution in [0, 0.1) is 0 Å². The lowest BCUT2D eigenvalue weighted by Gasteiger charge is -2.39. The maximum absolute atomic E-state index is 13.3. The average Bonchev–Trinajstić information content (AvgIpc) is 1.16. The molecule has 0 bridgehead atoms. The molecule has 6 aromatic rings. The van der Waals surface area contributed by atoms with Crippen molar-refractivity contribution in [3.8, 4) is 17.2 Å². The van der Waals surface area contributed by atoms with Gasteiger partial charge in [-0.3, -0.25) is 28.5 Å². The molecule has 0 radical (unpaired) electrons. The quantitative estimate of drug-likeness (QED) is 0.0496. The Morgan fingerprint density at radius 1 is 0.525 bits per heavy atom. The number of sulfonamides is 3. The van der Waals surface area contributed by atoms with E-state index >= 15 is 0 Å².